The minimum Gasteiger partial charge on any atom is -0.288 e. The van der Waals surface area contributed by atoms with E-state index in [1.54, 1.807) is 42.5 Å². The lowest BCUT2D eigenvalue weighted by molar-refractivity contribution is -0.111. The van der Waals surface area contributed by atoms with E-state index in [4.69, 9.17) is 0 Å². The third kappa shape index (κ3) is 2.10. The highest BCUT2D eigenvalue weighted by Crippen LogP contribution is 2.30. The smallest absolute Gasteiger partial charge is 0.237 e. The van der Waals surface area contributed by atoms with E-state index in [-0.39, 0.29) is 5.57 Å². The molecule has 0 amide bonds. The third-order valence-electron chi connectivity index (χ3n) is 4.24. The molecule has 0 aliphatic heterocycles. The minimum absolute atomic E-state index is 0.0740. The van der Waals surface area contributed by atoms with Gasteiger partial charge in [0.25, 0.3) is 0 Å². The van der Waals surface area contributed by atoms with Crippen molar-refractivity contribution in [2.45, 2.75) is 0 Å². The van der Waals surface area contributed by atoms with Gasteiger partial charge in [-0.05, 0) is 28.5 Å². The van der Waals surface area contributed by atoms with Crippen LogP contribution in [0.25, 0.3) is 16.8 Å². The van der Waals surface area contributed by atoms with Gasteiger partial charge in [-0.1, -0.05) is 60.7 Å². The van der Waals surface area contributed by atoms with Crippen LogP contribution in [0.2, 0.25) is 0 Å². The van der Waals surface area contributed by atoms with E-state index < -0.39 is 17.3 Å². The summed E-state index contributed by atoms with van der Waals surface area (Å²) in [6.07, 6.45) is 1.55. The molecule has 24 heavy (non-hydrogen) atoms. The molecular formula is C21H12O3. The van der Waals surface area contributed by atoms with E-state index in [9.17, 15) is 14.4 Å². The summed E-state index contributed by atoms with van der Waals surface area (Å²) < 4.78 is 0. The highest BCUT2D eigenvalue weighted by molar-refractivity contribution is 6.58. The molecule has 0 N–H and O–H groups in total. The second-order valence-electron chi connectivity index (χ2n) is 5.66. The lowest BCUT2D eigenvalue weighted by Crippen LogP contribution is -2.26. The van der Waals surface area contributed by atoms with E-state index >= 15 is 0 Å². The lowest BCUT2D eigenvalue weighted by atomic mass is 9.84. The maximum atomic E-state index is 12.7. The number of Topliss-reactive ketones (excluding diaryl/α,β-unsaturated/α-hetero) is 3. The van der Waals surface area contributed by atoms with Crippen LogP contribution in [0.3, 0.4) is 0 Å². The van der Waals surface area contributed by atoms with Crippen molar-refractivity contribution in [2.24, 2.45) is 0 Å². The number of benzene rings is 3. The van der Waals surface area contributed by atoms with Crippen LogP contribution in [0.1, 0.15) is 26.3 Å². The van der Waals surface area contributed by atoms with Crippen LogP contribution >= 0.6 is 0 Å². The topological polar surface area (TPSA) is 51.2 Å². The molecule has 3 aromatic carbocycles. The Morgan fingerprint density at radius 3 is 2.21 bits per heavy atom. The van der Waals surface area contributed by atoms with E-state index in [2.05, 4.69) is 0 Å². The zero-order valence-corrected chi connectivity index (χ0v) is 12.7. The van der Waals surface area contributed by atoms with Gasteiger partial charge in [0.2, 0.25) is 11.6 Å². The second-order valence-corrected chi connectivity index (χ2v) is 5.66. The molecule has 0 heterocycles. The van der Waals surface area contributed by atoms with Gasteiger partial charge in [-0.2, -0.15) is 0 Å². The number of rotatable bonds is 2. The summed E-state index contributed by atoms with van der Waals surface area (Å²) in [5.74, 6) is -1.79. The number of hydrogen-bond acceptors (Lipinski definition) is 3. The van der Waals surface area contributed by atoms with Crippen molar-refractivity contribution in [2.75, 3.05) is 0 Å². The standard InChI is InChI=1S/C21H12O3/c22-19(14-7-2-1-3-8-14)18-12-17-15-9-5-4-6-13(15)10-11-16(17)20(23)21(18)24/h1-12H. The van der Waals surface area contributed by atoms with Gasteiger partial charge in [0.15, 0.2) is 5.78 Å². The summed E-state index contributed by atoms with van der Waals surface area (Å²) in [4.78, 5) is 37.5. The van der Waals surface area contributed by atoms with Gasteiger partial charge in [0.05, 0.1) is 5.57 Å². The van der Waals surface area contributed by atoms with E-state index in [1.165, 1.54) is 0 Å². The van der Waals surface area contributed by atoms with Crippen LogP contribution in [0, 0.1) is 0 Å². The summed E-state index contributed by atoms with van der Waals surface area (Å²) in [6.45, 7) is 0. The number of carbonyl (C=O) groups excluding carboxylic acids is 3. The Morgan fingerprint density at radius 2 is 1.42 bits per heavy atom. The van der Waals surface area contributed by atoms with Crippen molar-refractivity contribution in [1.82, 2.24) is 0 Å². The summed E-state index contributed by atoms with van der Waals surface area (Å²) in [5, 5.41) is 1.82. The summed E-state index contributed by atoms with van der Waals surface area (Å²) in [5.41, 5.74) is 1.31. The number of ketones is 3. The molecule has 3 nitrogen and oxygen atoms in total. The van der Waals surface area contributed by atoms with Crippen molar-refractivity contribution in [3.8, 4) is 0 Å². The molecule has 0 saturated carbocycles. The lowest BCUT2D eigenvalue weighted by Gasteiger charge is -2.16. The fourth-order valence-corrected chi connectivity index (χ4v) is 3.02. The minimum atomic E-state index is -0.744. The average Bonchev–Trinajstić information content (AvgIpc) is 2.64. The molecule has 114 valence electrons. The normalized spacial score (nSPS) is 13.6. The summed E-state index contributed by atoms with van der Waals surface area (Å²) >= 11 is 0. The molecule has 4 rings (SSSR count). The molecule has 3 heteroatoms. The van der Waals surface area contributed by atoms with Crippen molar-refractivity contribution in [1.29, 1.82) is 0 Å². The highest BCUT2D eigenvalue weighted by Gasteiger charge is 2.32. The van der Waals surface area contributed by atoms with Crippen molar-refractivity contribution in [3.05, 3.63) is 89.0 Å². The molecule has 1 aliphatic carbocycles. The van der Waals surface area contributed by atoms with Gasteiger partial charge in [-0.3, -0.25) is 14.4 Å². The highest BCUT2D eigenvalue weighted by atomic mass is 16.2. The Kier molecular flexibility index (Phi) is 3.21. The Bertz CT molecular complexity index is 1040. The van der Waals surface area contributed by atoms with E-state index in [0.717, 1.165) is 10.8 Å². The zero-order valence-electron chi connectivity index (χ0n) is 12.7. The average molecular weight is 312 g/mol. The maximum absolute atomic E-state index is 12.7. The molecule has 3 aromatic rings. The Balaban J connectivity index is 1.95. The molecule has 0 radical (unpaired) electrons. The largest absolute Gasteiger partial charge is 0.288 e. The van der Waals surface area contributed by atoms with Gasteiger partial charge in [-0.15, -0.1) is 0 Å². The zero-order chi connectivity index (χ0) is 16.7. The Morgan fingerprint density at radius 1 is 0.708 bits per heavy atom. The molecule has 0 fully saturated rings. The Hall–Kier alpha value is -3.33. The van der Waals surface area contributed by atoms with Crippen LogP contribution in [0.4, 0.5) is 0 Å². The molecule has 0 atom stereocenters. The number of hydrogen-bond donors (Lipinski definition) is 0. The fraction of sp³-hybridized carbons (Fsp3) is 0. The van der Waals surface area contributed by atoms with Gasteiger partial charge in [0, 0.05) is 11.1 Å². The summed E-state index contributed by atoms with van der Waals surface area (Å²) in [7, 11) is 0. The molecule has 1 aliphatic rings. The monoisotopic (exact) mass is 312 g/mol. The van der Waals surface area contributed by atoms with Gasteiger partial charge in [-0.25, -0.2) is 0 Å². The van der Waals surface area contributed by atoms with Gasteiger partial charge >= 0.3 is 0 Å². The molecule has 0 unspecified atom stereocenters. The second kappa shape index (κ2) is 5.39. The molecule has 0 spiro atoms. The van der Waals surface area contributed by atoms with Crippen LogP contribution in [-0.2, 0) is 4.79 Å². The van der Waals surface area contributed by atoms with Crippen molar-refractivity contribution < 1.29 is 14.4 Å². The SMILES string of the molecule is O=C1C(=O)c2ccc3ccccc3c2C=C1C(=O)c1ccccc1. The maximum Gasteiger partial charge on any atom is 0.237 e. The van der Waals surface area contributed by atoms with Crippen molar-refractivity contribution in [3.63, 3.8) is 0 Å². The third-order valence-corrected chi connectivity index (χ3v) is 4.24. The predicted octanol–water partition coefficient (Wildman–Crippen LogP) is 3.87. The van der Waals surface area contributed by atoms with Crippen LogP contribution in [-0.4, -0.2) is 17.3 Å². The van der Waals surface area contributed by atoms with Crippen LogP contribution < -0.4 is 0 Å². The number of allylic oxidation sites excluding steroid dienone is 1. The molecular weight excluding hydrogens is 300 g/mol. The predicted molar refractivity (Wildman–Crippen MR) is 92.0 cm³/mol. The van der Waals surface area contributed by atoms with Crippen molar-refractivity contribution >= 4 is 34.2 Å². The first-order valence-electron chi connectivity index (χ1n) is 7.59. The number of fused-ring (bicyclic) bond motifs is 3. The number of carbonyl (C=O) groups is 3. The first kappa shape index (κ1) is 14.3. The Labute approximate surface area is 138 Å². The fourth-order valence-electron chi connectivity index (χ4n) is 3.02. The van der Waals surface area contributed by atoms with E-state index in [1.807, 2.05) is 30.3 Å². The first-order chi connectivity index (χ1) is 11.7. The molecule has 0 bridgehead atoms. The van der Waals surface area contributed by atoms with Crippen LogP contribution in [0.5, 0.6) is 0 Å². The van der Waals surface area contributed by atoms with Gasteiger partial charge in [0.1, 0.15) is 0 Å². The first-order valence-corrected chi connectivity index (χ1v) is 7.59. The van der Waals surface area contributed by atoms with E-state index in [0.29, 0.717) is 16.7 Å². The van der Waals surface area contributed by atoms with Crippen LogP contribution in [0.15, 0.2) is 72.3 Å². The molecule has 0 saturated heterocycles. The summed E-state index contributed by atoms with van der Waals surface area (Å²) in [6, 6.07) is 19.6. The van der Waals surface area contributed by atoms with Gasteiger partial charge < -0.3 is 0 Å². The quantitative estimate of drug-likeness (QED) is 0.410. The molecule has 0 aromatic heterocycles.